The van der Waals surface area contributed by atoms with Crippen molar-refractivity contribution < 1.29 is 4.74 Å². The SMILES string of the molecule is COc1cccc(NCCCc2ccccc2)n1. The third-order valence-electron chi connectivity index (χ3n) is 2.72. The van der Waals surface area contributed by atoms with E-state index < -0.39 is 0 Å². The van der Waals surface area contributed by atoms with Crippen LogP contribution in [0, 0.1) is 0 Å². The first-order valence-electron chi connectivity index (χ1n) is 6.17. The van der Waals surface area contributed by atoms with E-state index in [1.54, 1.807) is 7.11 Å². The number of nitrogens with zero attached hydrogens (tertiary/aromatic N) is 1. The van der Waals surface area contributed by atoms with Gasteiger partial charge in [0.05, 0.1) is 7.11 Å². The number of rotatable bonds is 6. The summed E-state index contributed by atoms with van der Waals surface area (Å²) >= 11 is 0. The first-order chi connectivity index (χ1) is 8.88. The summed E-state index contributed by atoms with van der Waals surface area (Å²) in [6.07, 6.45) is 2.17. The summed E-state index contributed by atoms with van der Waals surface area (Å²) in [5.74, 6) is 1.51. The van der Waals surface area contributed by atoms with Crippen LogP contribution in [0.1, 0.15) is 12.0 Å². The molecule has 3 heteroatoms. The molecule has 2 rings (SSSR count). The molecular formula is C15H18N2O. The Balaban J connectivity index is 1.75. The van der Waals surface area contributed by atoms with Crippen LogP contribution < -0.4 is 10.1 Å². The number of methoxy groups -OCH3 is 1. The van der Waals surface area contributed by atoms with Crippen molar-refractivity contribution in [2.75, 3.05) is 19.0 Å². The monoisotopic (exact) mass is 242 g/mol. The van der Waals surface area contributed by atoms with Crippen molar-refractivity contribution in [3.05, 3.63) is 54.1 Å². The quantitative estimate of drug-likeness (QED) is 0.790. The van der Waals surface area contributed by atoms with Crippen molar-refractivity contribution in [2.45, 2.75) is 12.8 Å². The Bertz CT molecular complexity index is 471. The summed E-state index contributed by atoms with van der Waals surface area (Å²) in [7, 11) is 1.63. The van der Waals surface area contributed by atoms with Crippen LogP contribution in [0.25, 0.3) is 0 Å². The molecule has 0 aliphatic rings. The van der Waals surface area contributed by atoms with Gasteiger partial charge in [-0.05, 0) is 24.5 Å². The fraction of sp³-hybridized carbons (Fsp3) is 0.267. The number of pyridine rings is 1. The Morgan fingerprint density at radius 1 is 1.06 bits per heavy atom. The lowest BCUT2D eigenvalue weighted by atomic mass is 10.1. The normalized spacial score (nSPS) is 10.1. The summed E-state index contributed by atoms with van der Waals surface area (Å²) < 4.78 is 5.08. The summed E-state index contributed by atoms with van der Waals surface area (Å²) in [4.78, 5) is 4.30. The maximum Gasteiger partial charge on any atom is 0.214 e. The first-order valence-corrected chi connectivity index (χ1v) is 6.17. The lowest BCUT2D eigenvalue weighted by Gasteiger charge is -2.06. The average molecular weight is 242 g/mol. The number of hydrogen-bond donors (Lipinski definition) is 1. The highest BCUT2D eigenvalue weighted by atomic mass is 16.5. The molecule has 0 bridgehead atoms. The standard InChI is InChI=1S/C15H18N2O/c1-18-15-11-5-10-14(17-15)16-12-6-9-13-7-3-2-4-8-13/h2-5,7-8,10-11H,6,9,12H2,1H3,(H,16,17). The molecule has 1 aromatic heterocycles. The van der Waals surface area contributed by atoms with Crippen molar-refractivity contribution in [3.8, 4) is 5.88 Å². The lowest BCUT2D eigenvalue weighted by Crippen LogP contribution is -2.04. The molecule has 0 aliphatic carbocycles. The summed E-state index contributed by atoms with van der Waals surface area (Å²) in [6.45, 7) is 0.912. The van der Waals surface area contributed by atoms with Gasteiger partial charge in [-0.1, -0.05) is 36.4 Å². The highest BCUT2D eigenvalue weighted by Crippen LogP contribution is 2.10. The largest absolute Gasteiger partial charge is 0.481 e. The topological polar surface area (TPSA) is 34.1 Å². The van der Waals surface area contributed by atoms with Crippen LogP contribution in [0.5, 0.6) is 5.88 Å². The third-order valence-corrected chi connectivity index (χ3v) is 2.72. The van der Waals surface area contributed by atoms with Crippen LogP contribution >= 0.6 is 0 Å². The molecule has 1 N–H and O–H groups in total. The second-order valence-corrected chi connectivity index (χ2v) is 4.08. The highest BCUT2D eigenvalue weighted by Gasteiger charge is 1.96. The van der Waals surface area contributed by atoms with Gasteiger partial charge in [0.1, 0.15) is 5.82 Å². The van der Waals surface area contributed by atoms with E-state index in [2.05, 4.69) is 34.6 Å². The van der Waals surface area contributed by atoms with Crippen molar-refractivity contribution in [1.82, 2.24) is 4.98 Å². The summed E-state index contributed by atoms with van der Waals surface area (Å²) in [5.41, 5.74) is 1.37. The predicted octanol–water partition coefficient (Wildman–Crippen LogP) is 3.13. The molecule has 1 heterocycles. The van der Waals surface area contributed by atoms with E-state index in [-0.39, 0.29) is 0 Å². The average Bonchev–Trinajstić information content (AvgIpc) is 2.45. The van der Waals surface area contributed by atoms with E-state index in [4.69, 9.17) is 4.74 Å². The predicted molar refractivity (Wildman–Crippen MR) is 74.0 cm³/mol. The molecule has 0 unspecified atom stereocenters. The number of hydrogen-bond acceptors (Lipinski definition) is 3. The zero-order chi connectivity index (χ0) is 12.6. The van der Waals surface area contributed by atoms with Crippen molar-refractivity contribution in [1.29, 1.82) is 0 Å². The van der Waals surface area contributed by atoms with Gasteiger partial charge in [-0.2, -0.15) is 4.98 Å². The van der Waals surface area contributed by atoms with Crippen LogP contribution in [-0.4, -0.2) is 18.6 Å². The molecular weight excluding hydrogens is 224 g/mol. The molecule has 0 atom stereocenters. The van der Waals surface area contributed by atoms with Crippen LogP contribution in [0.2, 0.25) is 0 Å². The van der Waals surface area contributed by atoms with Gasteiger partial charge in [-0.3, -0.25) is 0 Å². The van der Waals surface area contributed by atoms with Gasteiger partial charge in [-0.25, -0.2) is 0 Å². The lowest BCUT2D eigenvalue weighted by molar-refractivity contribution is 0.398. The first kappa shape index (κ1) is 12.4. The minimum atomic E-state index is 0.642. The summed E-state index contributed by atoms with van der Waals surface area (Å²) in [6, 6.07) is 16.2. The number of benzene rings is 1. The molecule has 94 valence electrons. The van der Waals surface area contributed by atoms with Gasteiger partial charge < -0.3 is 10.1 Å². The minimum Gasteiger partial charge on any atom is -0.481 e. The van der Waals surface area contributed by atoms with Gasteiger partial charge in [0.25, 0.3) is 0 Å². The van der Waals surface area contributed by atoms with Gasteiger partial charge in [-0.15, -0.1) is 0 Å². The van der Waals surface area contributed by atoms with Gasteiger partial charge in [0.2, 0.25) is 5.88 Å². The fourth-order valence-corrected chi connectivity index (χ4v) is 1.78. The van der Waals surface area contributed by atoms with E-state index in [0.717, 1.165) is 25.2 Å². The number of anilines is 1. The zero-order valence-electron chi connectivity index (χ0n) is 10.6. The van der Waals surface area contributed by atoms with E-state index in [1.165, 1.54) is 5.56 Å². The number of nitrogens with one attached hydrogen (secondary N) is 1. The highest BCUT2D eigenvalue weighted by molar-refractivity contribution is 5.36. The molecule has 0 amide bonds. The maximum atomic E-state index is 5.08. The van der Waals surface area contributed by atoms with Crippen molar-refractivity contribution >= 4 is 5.82 Å². The van der Waals surface area contributed by atoms with Crippen molar-refractivity contribution in [3.63, 3.8) is 0 Å². The second kappa shape index (κ2) is 6.64. The Hall–Kier alpha value is -2.03. The summed E-state index contributed by atoms with van der Waals surface area (Å²) in [5, 5.41) is 3.30. The number of aromatic nitrogens is 1. The molecule has 2 aromatic rings. The van der Waals surface area contributed by atoms with Crippen molar-refractivity contribution in [2.24, 2.45) is 0 Å². The number of aryl methyl sites for hydroxylation is 1. The smallest absolute Gasteiger partial charge is 0.214 e. The van der Waals surface area contributed by atoms with E-state index in [9.17, 15) is 0 Å². The molecule has 1 aromatic carbocycles. The molecule has 0 saturated heterocycles. The maximum absolute atomic E-state index is 5.08. The molecule has 0 aliphatic heterocycles. The molecule has 3 nitrogen and oxygen atoms in total. The fourth-order valence-electron chi connectivity index (χ4n) is 1.78. The molecule has 18 heavy (non-hydrogen) atoms. The Labute approximate surface area is 108 Å². The molecule has 0 spiro atoms. The van der Waals surface area contributed by atoms with Crippen LogP contribution in [0.4, 0.5) is 5.82 Å². The minimum absolute atomic E-state index is 0.642. The van der Waals surface area contributed by atoms with E-state index in [1.807, 2.05) is 24.3 Å². The van der Waals surface area contributed by atoms with Crippen LogP contribution in [-0.2, 0) is 6.42 Å². The van der Waals surface area contributed by atoms with Crippen LogP contribution in [0.3, 0.4) is 0 Å². The Kier molecular flexibility index (Phi) is 4.59. The van der Waals surface area contributed by atoms with E-state index in [0.29, 0.717) is 5.88 Å². The molecule has 0 saturated carbocycles. The van der Waals surface area contributed by atoms with Gasteiger partial charge in [0, 0.05) is 12.6 Å². The number of ether oxygens (including phenoxy) is 1. The van der Waals surface area contributed by atoms with Gasteiger partial charge in [0.15, 0.2) is 0 Å². The third kappa shape index (κ3) is 3.77. The van der Waals surface area contributed by atoms with Gasteiger partial charge >= 0.3 is 0 Å². The Morgan fingerprint density at radius 2 is 1.89 bits per heavy atom. The Morgan fingerprint density at radius 3 is 2.67 bits per heavy atom. The molecule has 0 fully saturated rings. The zero-order valence-corrected chi connectivity index (χ0v) is 10.6. The van der Waals surface area contributed by atoms with E-state index >= 15 is 0 Å². The molecule has 0 radical (unpaired) electrons. The second-order valence-electron chi connectivity index (χ2n) is 4.08. The van der Waals surface area contributed by atoms with Crippen LogP contribution in [0.15, 0.2) is 48.5 Å².